The van der Waals surface area contributed by atoms with Gasteiger partial charge in [0.05, 0.1) is 11.3 Å². The van der Waals surface area contributed by atoms with Crippen molar-refractivity contribution in [2.24, 2.45) is 0 Å². The maximum atomic E-state index is 12.6. The lowest BCUT2D eigenvalue weighted by Gasteiger charge is -2.21. The number of alkyl halides is 3. The Morgan fingerprint density at radius 1 is 1.36 bits per heavy atom. The normalized spacial score (nSPS) is 18.5. The highest BCUT2D eigenvalue weighted by Gasteiger charge is 2.34. The highest BCUT2D eigenvalue weighted by molar-refractivity contribution is 8.00. The molecule has 0 unspecified atom stereocenters. The van der Waals surface area contributed by atoms with Crippen LogP contribution >= 0.6 is 11.8 Å². The molecule has 1 N–H and O–H groups in total. The number of hydrogen-bond donors (Lipinski definition) is 1. The van der Waals surface area contributed by atoms with E-state index in [0.29, 0.717) is 24.3 Å². The summed E-state index contributed by atoms with van der Waals surface area (Å²) in [5, 5.41) is 9.02. The average Bonchev–Trinajstić information content (AvgIpc) is 2.94. The van der Waals surface area contributed by atoms with Crippen molar-refractivity contribution >= 4 is 23.6 Å². The van der Waals surface area contributed by atoms with Gasteiger partial charge in [0.25, 0.3) is 0 Å². The van der Waals surface area contributed by atoms with Crippen LogP contribution in [-0.2, 0) is 15.8 Å². The van der Waals surface area contributed by atoms with E-state index in [9.17, 15) is 22.8 Å². The molecule has 22 heavy (non-hydrogen) atoms. The van der Waals surface area contributed by atoms with E-state index in [-0.39, 0.29) is 11.7 Å². The minimum Gasteiger partial charge on any atom is -0.480 e. The van der Waals surface area contributed by atoms with E-state index in [1.807, 2.05) is 0 Å². The van der Waals surface area contributed by atoms with Crippen LogP contribution in [0.15, 0.2) is 29.2 Å². The molecule has 1 atom stereocenters. The zero-order valence-corrected chi connectivity index (χ0v) is 12.3. The SMILES string of the molecule is O=C(O)[C@H]1CCCN1C(=O)CSc1cccc(C(F)(F)F)c1. The second-order valence-electron chi connectivity index (χ2n) is 4.90. The van der Waals surface area contributed by atoms with E-state index >= 15 is 0 Å². The van der Waals surface area contributed by atoms with Gasteiger partial charge in [0, 0.05) is 11.4 Å². The summed E-state index contributed by atoms with van der Waals surface area (Å²) in [7, 11) is 0. The Balaban J connectivity index is 1.98. The van der Waals surface area contributed by atoms with Gasteiger partial charge >= 0.3 is 12.1 Å². The molecular formula is C14H14F3NO3S. The highest BCUT2D eigenvalue weighted by Crippen LogP contribution is 2.32. The van der Waals surface area contributed by atoms with Crippen LogP contribution in [0.25, 0.3) is 0 Å². The van der Waals surface area contributed by atoms with Gasteiger partial charge in [-0.2, -0.15) is 13.2 Å². The fourth-order valence-electron chi connectivity index (χ4n) is 2.31. The molecule has 120 valence electrons. The van der Waals surface area contributed by atoms with Crippen LogP contribution in [0.3, 0.4) is 0 Å². The van der Waals surface area contributed by atoms with Crippen molar-refractivity contribution in [2.75, 3.05) is 12.3 Å². The third-order valence-corrected chi connectivity index (χ3v) is 4.36. The van der Waals surface area contributed by atoms with Crippen LogP contribution in [0, 0.1) is 0 Å². The van der Waals surface area contributed by atoms with E-state index in [4.69, 9.17) is 5.11 Å². The lowest BCUT2D eigenvalue weighted by molar-refractivity contribution is -0.147. The number of likely N-dealkylation sites (tertiary alicyclic amines) is 1. The largest absolute Gasteiger partial charge is 0.480 e. The summed E-state index contributed by atoms with van der Waals surface area (Å²) in [6.45, 7) is 0.374. The molecule has 1 heterocycles. The van der Waals surface area contributed by atoms with E-state index < -0.39 is 23.8 Å². The van der Waals surface area contributed by atoms with E-state index in [1.54, 1.807) is 0 Å². The van der Waals surface area contributed by atoms with E-state index in [0.717, 1.165) is 23.9 Å². The number of amides is 1. The lowest BCUT2D eigenvalue weighted by Crippen LogP contribution is -2.41. The third kappa shape index (κ3) is 3.94. The number of halogens is 3. The standard InChI is InChI=1S/C14H14F3NO3S/c15-14(16,17)9-3-1-4-10(7-9)22-8-12(19)18-6-2-5-11(18)13(20)21/h1,3-4,7,11H,2,5-6,8H2,(H,20,21)/t11-/m1/s1. The van der Waals surface area contributed by atoms with Crippen molar-refractivity contribution in [2.45, 2.75) is 30.0 Å². The number of benzene rings is 1. The molecular weight excluding hydrogens is 319 g/mol. The molecule has 0 aromatic heterocycles. The Bertz CT molecular complexity index is 577. The Labute approximate surface area is 129 Å². The number of carboxylic acid groups (broad SMARTS) is 1. The molecule has 0 spiro atoms. The van der Waals surface area contributed by atoms with Gasteiger partial charge in [-0.05, 0) is 31.0 Å². The third-order valence-electron chi connectivity index (χ3n) is 3.38. The number of nitrogens with zero attached hydrogens (tertiary/aromatic N) is 1. The molecule has 1 saturated heterocycles. The quantitative estimate of drug-likeness (QED) is 0.861. The summed E-state index contributed by atoms with van der Waals surface area (Å²) >= 11 is 0.975. The molecule has 0 aliphatic carbocycles. The molecule has 1 fully saturated rings. The fourth-order valence-corrected chi connectivity index (χ4v) is 3.15. The first-order chi connectivity index (χ1) is 10.3. The lowest BCUT2D eigenvalue weighted by atomic mass is 10.2. The number of thioether (sulfide) groups is 1. The van der Waals surface area contributed by atoms with Gasteiger partial charge < -0.3 is 10.0 Å². The maximum Gasteiger partial charge on any atom is 0.416 e. The van der Waals surface area contributed by atoms with Crippen LogP contribution in [0.5, 0.6) is 0 Å². The van der Waals surface area contributed by atoms with Gasteiger partial charge in [-0.25, -0.2) is 4.79 Å². The number of hydrogen-bond acceptors (Lipinski definition) is 3. The summed E-state index contributed by atoms with van der Waals surface area (Å²) in [5.74, 6) is -1.49. The first-order valence-corrected chi connectivity index (χ1v) is 7.60. The number of carbonyl (C=O) groups excluding carboxylic acids is 1. The van der Waals surface area contributed by atoms with Crippen LogP contribution in [0.4, 0.5) is 13.2 Å². The highest BCUT2D eigenvalue weighted by atomic mass is 32.2. The molecule has 1 aromatic carbocycles. The minimum absolute atomic E-state index is 0.0783. The van der Waals surface area contributed by atoms with Gasteiger partial charge in [-0.15, -0.1) is 11.8 Å². The van der Waals surface area contributed by atoms with E-state index in [1.165, 1.54) is 17.0 Å². The van der Waals surface area contributed by atoms with Gasteiger partial charge in [0.1, 0.15) is 6.04 Å². The van der Waals surface area contributed by atoms with Crippen LogP contribution < -0.4 is 0 Å². The number of rotatable bonds is 4. The van der Waals surface area contributed by atoms with Crippen molar-refractivity contribution in [3.63, 3.8) is 0 Å². The van der Waals surface area contributed by atoms with Crippen molar-refractivity contribution < 1.29 is 27.9 Å². The molecule has 0 bridgehead atoms. The van der Waals surface area contributed by atoms with Crippen molar-refractivity contribution in [3.05, 3.63) is 29.8 Å². The Hall–Kier alpha value is -1.70. The maximum absolute atomic E-state index is 12.6. The van der Waals surface area contributed by atoms with Crippen LogP contribution in [0.2, 0.25) is 0 Å². The molecule has 0 saturated carbocycles. The minimum atomic E-state index is -4.43. The van der Waals surface area contributed by atoms with Gasteiger partial charge in [0.15, 0.2) is 0 Å². The fraction of sp³-hybridized carbons (Fsp3) is 0.429. The zero-order chi connectivity index (χ0) is 16.3. The first-order valence-electron chi connectivity index (χ1n) is 6.61. The number of carboxylic acids is 1. The van der Waals surface area contributed by atoms with Crippen LogP contribution in [0.1, 0.15) is 18.4 Å². The molecule has 8 heteroatoms. The predicted molar refractivity (Wildman–Crippen MR) is 74.5 cm³/mol. The number of carbonyl (C=O) groups is 2. The zero-order valence-electron chi connectivity index (χ0n) is 11.5. The Kier molecular flexibility index (Phi) is 5.00. The molecule has 1 aliphatic rings. The van der Waals surface area contributed by atoms with Gasteiger partial charge in [0.2, 0.25) is 5.91 Å². The molecule has 4 nitrogen and oxygen atoms in total. The first kappa shape index (κ1) is 16.7. The Morgan fingerprint density at radius 2 is 2.09 bits per heavy atom. The van der Waals surface area contributed by atoms with Crippen molar-refractivity contribution in [1.82, 2.24) is 4.90 Å². The van der Waals surface area contributed by atoms with Crippen LogP contribution in [-0.4, -0.2) is 40.2 Å². The second-order valence-corrected chi connectivity index (χ2v) is 5.95. The summed E-state index contributed by atoms with van der Waals surface area (Å²) in [5.41, 5.74) is -0.769. The molecule has 1 amide bonds. The molecule has 1 aromatic rings. The summed E-state index contributed by atoms with van der Waals surface area (Å²) < 4.78 is 37.8. The molecule has 2 rings (SSSR count). The monoisotopic (exact) mass is 333 g/mol. The second kappa shape index (κ2) is 6.60. The van der Waals surface area contributed by atoms with E-state index in [2.05, 4.69) is 0 Å². The topological polar surface area (TPSA) is 57.6 Å². The van der Waals surface area contributed by atoms with Gasteiger partial charge in [-0.3, -0.25) is 4.79 Å². The summed E-state index contributed by atoms with van der Waals surface area (Å²) in [4.78, 5) is 24.7. The molecule has 0 radical (unpaired) electrons. The molecule has 1 aliphatic heterocycles. The van der Waals surface area contributed by atoms with Gasteiger partial charge in [-0.1, -0.05) is 6.07 Å². The predicted octanol–water partition coefficient (Wildman–Crippen LogP) is 2.87. The summed E-state index contributed by atoms with van der Waals surface area (Å²) in [6, 6.07) is 3.90. The smallest absolute Gasteiger partial charge is 0.416 e. The van der Waals surface area contributed by atoms with Crippen molar-refractivity contribution in [1.29, 1.82) is 0 Å². The Morgan fingerprint density at radius 3 is 2.73 bits per heavy atom. The summed E-state index contributed by atoms with van der Waals surface area (Å²) in [6.07, 6.45) is -3.39. The number of aliphatic carboxylic acids is 1. The average molecular weight is 333 g/mol. The van der Waals surface area contributed by atoms with Crippen molar-refractivity contribution in [3.8, 4) is 0 Å².